The van der Waals surface area contributed by atoms with Crippen LogP contribution in [0.3, 0.4) is 0 Å². The molecule has 9 heteroatoms. The van der Waals surface area contributed by atoms with E-state index in [-0.39, 0.29) is 28.9 Å². The van der Waals surface area contributed by atoms with Crippen LogP contribution in [0.1, 0.15) is 57.8 Å². The molecule has 3 rings (SSSR count). The number of carbonyl (C=O) groups is 3. The molecule has 0 aromatic carbocycles. The van der Waals surface area contributed by atoms with Crippen LogP contribution >= 0.6 is 11.6 Å². The average molecular weight is 447 g/mol. The van der Waals surface area contributed by atoms with E-state index in [0.717, 1.165) is 25.7 Å². The predicted molar refractivity (Wildman–Crippen MR) is 118 cm³/mol. The third-order valence-corrected chi connectivity index (χ3v) is 6.11. The molecule has 2 aromatic heterocycles. The highest BCUT2D eigenvalue weighted by atomic mass is 35.5. The van der Waals surface area contributed by atoms with Crippen molar-refractivity contribution in [1.29, 1.82) is 0 Å². The standard InChI is InChI=1S/C22H27ClN4O4/c1-12-18(21(29)26-15-9-10-24-17(23)11-15)13(2)27(3)19(12)20(28)22(30)25-14-5-7-16(31-4)8-6-14/h9-11,14,16H,5-8H2,1-4H3,(H,25,30)(H,24,26,29). The minimum Gasteiger partial charge on any atom is -0.381 e. The molecule has 1 aliphatic carbocycles. The number of amides is 2. The Labute approximate surface area is 186 Å². The lowest BCUT2D eigenvalue weighted by Crippen LogP contribution is -2.42. The van der Waals surface area contributed by atoms with Crippen molar-refractivity contribution in [1.82, 2.24) is 14.9 Å². The summed E-state index contributed by atoms with van der Waals surface area (Å²) in [7, 11) is 3.36. The van der Waals surface area contributed by atoms with Gasteiger partial charge in [0.05, 0.1) is 17.4 Å². The molecule has 2 heterocycles. The second-order valence-electron chi connectivity index (χ2n) is 7.83. The van der Waals surface area contributed by atoms with Gasteiger partial charge in [-0.2, -0.15) is 0 Å². The molecular weight excluding hydrogens is 420 g/mol. The summed E-state index contributed by atoms with van der Waals surface area (Å²) >= 11 is 5.88. The number of nitrogens with zero attached hydrogens (tertiary/aromatic N) is 2. The Hall–Kier alpha value is -2.71. The second-order valence-corrected chi connectivity index (χ2v) is 8.21. The van der Waals surface area contributed by atoms with Crippen LogP contribution in [0.2, 0.25) is 5.15 Å². The van der Waals surface area contributed by atoms with Crippen molar-refractivity contribution in [2.75, 3.05) is 12.4 Å². The van der Waals surface area contributed by atoms with E-state index >= 15 is 0 Å². The van der Waals surface area contributed by atoms with Gasteiger partial charge in [0.1, 0.15) is 5.15 Å². The monoisotopic (exact) mass is 446 g/mol. The maximum absolute atomic E-state index is 13.0. The van der Waals surface area contributed by atoms with Crippen molar-refractivity contribution in [3.63, 3.8) is 0 Å². The number of anilines is 1. The Morgan fingerprint density at radius 1 is 1.19 bits per heavy atom. The van der Waals surface area contributed by atoms with E-state index in [1.54, 1.807) is 38.6 Å². The zero-order chi connectivity index (χ0) is 22.7. The Kier molecular flexibility index (Phi) is 7.12. The van der Waals surface area contributed by atoms with Gasteiger partial charge in [-0.25, -0.2) is 4.98 Å². The van der Waals surface area contributed by atoms with Crippen LogP contribution in [0.4, 0.5) is 5.69 Å². The van der Waals surface area contributed by atoms with E-state index in [0.29, 0.717) is 22.5 Å². The van der Waals surface area contributed by atoms with E-state index in [9.17, 15) is 14.4 Å². The summed E-state index contributed by atoms with van der Waals surface area (Å²) in [6.45, 7) is 3.41. The second kappa shape index (κ2) is 9.62. The summed E-state index contributed by atoms with van der Waals surface area (Å²) in [5.74, 6) is -1.69. The number of aromatic nitrogens is 2. The number of ketones is 1. The van der Waals surface area contributed by atoms with Gasteiger partial charge in [0, 0.05) is 37.8 Å². The summed E-state index contributed by atoms with van der Waals surface area (Å²) in [5, 5.41) is 5.86. The SMILES string of the molecule is COC1CCC(NC(=O)C(=O)c2c(C)c(C(=O)Nc3ccnc(Cl)c3)c(C)n2C)CC1. The van der Waals surface area contributed by atoms with Crippen LogP contribution in [-0.4, -0.2) is 46.4 Å². The fraction of sp³-hybridized carbons (Fsp3) is 0.455. The van der Waals surface area contributed by atoms with Crippen molar-refractivity contribution in [2.45, 2.75) is 51.7 Å². The Balaban J connectivity index is 1.76. The molecule has 0 spiro atoms. The molecule has 8 nitrogen and oxygen atoms in total. The molecule has 0 atom stereocenters. The third-order valence-electron chi connectivity index (χ3n) is 5.91. The first kappa shape index (κ1) is 23.0. The van der Waals surface area contributed by atoms with E-state index < -0.39 is 11.7 Å². The van der Waals surface area contributed by atoms with Gasteiger partial charge in [-0.05, 0) is 57.2 Å². The number of carbonyl (C=O) groups excluding carboxylic acids is 3. The number of pyridine rings is 1. The lowest BCUT2D eigenvalue weighted by atomic mass is 9.93. The first-order valence-electron chi connectivity index (χ1n) is 10.2. The Morgan fingerprint density at radius 2 is 1.87 bits per heavy atom. The van der Waals surface area contributed by atoms with Gasteiger partial charge in [-0.15, -0.1) is 0 Å². The van der Waals surface area contributed by atoms with Gasteiger partial charge in [0.15, 0.2) is 0 Å². The minimum absolute atomic E-state index is 0.0521. The highest BCUT2D eigenvalue weighted by molar-refractivity contribution is 6.43. The molecule has 2 amide bonds. The molecule has 1 fully saturated rings. The Morgan fingerprint density at radius 3 is 2.48 bits per heavy atom. The topological polar surface area (TPSA) is 102 Å². The zero-order valence-electron chi connectivity index (χ0n) is 18.1. The molecule has 0 bridgehead atoms. The quantitative estimate of drug-likeness (QED) is 0.403. The van der Waals surface area contributed by atoms with Gasteiger partial charge in [0.2, 0.25) is 0 Å². The van der Waals surface area contributed by atoms with Crippen LogP contribution in [0, 0.1) is 13.8 Å². The van der Waals surface area contributed by atoms with Crippen LogP contribution in [0.5, 0.6) is 0 Å². The van der Waals surface area contributed by atoms with E-state index in [4.69, 9.17) is 16.3 Å². The normalized spacial score (nSPS) is 18.5. The number of ether oxygens (including phenoxy) is 1. The van der Waals surface area contributed by atoms with Crippen molar-refractivity contribution >= 4 is 34.9 Å². The molecule has 0 unspecified atom stereocenters. The smallest absolute Gasteiger partial charge is 0.294 e. The molecule has 2 N–H and O–H groups in total. The molecule has 31 heavy (non-hydrogen) atoms. The highest BCUT2D eigenvalue weighted by Crippen LogP contribution is 2.24. The first-order chi connectivity index (χ1) is 14.7. The summed E-state index contributed by atoms with van der Waals surface area (Å²) in [4.78, 5) is 42.4. The number of Topliss-reactive ketones (excluding diaryl/α,β-unsaturated/α-hetero) is 1. The number of halogens is 1. The maximum atomic E-state index is 13.0. The molecule has 166 valence electrons. The highest BCUT2D eigenvalue weighted by Gasteiger charge is 2.30. The van der Waals surface area contributed by atoms with Gasteiger partial charge < -0.3 is 19.9 Å². The fourth-order valence-electron chi connectivity index (χ4n) is 4.11. The molecule has 1 saturated carbocycles. The van der Waals surface area contributed by atoms with Crippen molar-refractivity contribution in [3.8, 4) is 0 Å². The number of rotatable bonds is 6. The van der Waals surface area contributed by atoms with Crippen molar-refractivity contribution in [3.05, 3.63) is 46.0 Å². The van der Waals surface area contributed by atoms with Crippen LogP contribution in [-0.2, 0) is 16.6 Å². The Bertz CT molecular complexity index is 1010. The van der Waals surface area contributed by atoms with E-state index in [2.05, 4.69) is 15.6 Å². The lowest BCUT2D eigenvalue weighted by Gasteiger charge is -2.28. The van der Waals surface area contributed by atoms with Gasteiger partial charge in [0.25, 0.3) is 17.6 Å². The third kappa shape index (κ3) is 4.97. The molecule has 2 aromatic rings. The van der Waals surface area contributed by atoms with Crippen molar-refractivity contribution in [2.24, 2.45) is 7.05 Å². The van der Waals surface area contributed by atoms with Crippen molar-refractivity contribution < 1.29 is 19.1 Å². The average Bonchev–Trinajstić information content (AvgIpc) is 2.96. The lowest BCUT2D eigenvalue weighted by molar-refractivity contribution is -0.118. The van der Waals surface area contributed by atoms with Crippen LogP contribution in [0.25, 0.3) is 0 Å². The number of hydrogen-bond donors (Lipinski definition) is 2. The van der Waals surface area contributed by atoms with E-state index in [1.807, 2.05) is 0 Å². The molecular formula is C22H27ClN4O4. The molecule has 1 aliphatic rings. The molecule has 0 aliphatic heterocycles. The summed E-state index contributed by atoms with van der Waals surface area (Å²) in [6.07, 6.45) is 4.93. The predicted octanol–water partition coefficient (Wildman–Crippen LogP) is 3.20. The van der Waals surface area contributed by atoms with Gasteiger partial charge in [-0.3, -0.25) is 14.4 Å². The summed E-state index contributed by atoms with van der Waals surface area (Å²) < 4.78 is 6.94. The number of nitrogens with one attached hydrogen (secondary N) is 2. The van der Waals surface area contributed by atoms with Crippen LogP contribution < -0.4 is 10.6 Å². The molecule has 0 saturated heterocycles. The van der Waals surface area contributed by atoms with Gasteiger partial charge >= 0.3 is 0 Å². The van der Waals surface area contributed by atoms with Gasteiger partial charge in [-0.1, -0.05) is 11.6 Å². The van der Waals surface area contributed by atoms with E-state index in [1.165, 1.54) is 12.3 Å². The molecule has 0 radical (unpaired) electrons. The summed E-state index contributed by atoms with van der Waals surface area (Å²) in [6, 6.07) is 3.10. The minimum atomic E-state index is -0.655. The maximum Gasteiger partial charge on any atom is 0.294 e. The number of methoxy groups -OCH3 is 1. The fourth-order valence-corrected chi connectivity index (χ4v) is 4.28. The zero-order valence-corrected chi connectivity index (χ0v) is 18.9. The first-order valence-corrected chi connectivity index (χ1v) is 10.6. The summed E-state index contributed by atoms with van der Waals surface area (Å²) in [5.41, 5.74) is 2.10. The largest absolute Gasteiger partial charge is 0.381 e. The van der Waals surface area contributed by atoms with Crippen LogP contribution in [0.15, 0.2) is 18.3 Å². The number of hydrogen-bond acceptors (Lipinski definition) is 5.